The minimum atomic E-state index is -0.571. The summed E-state index contributed by atoms with van der Waals surface area (Å²) in [6.45, 7) is 3.27. The van der Waals surface area contributed by atoms with Crippen LogP contribution in [-0.4, -0.2) is 35.5 Å². The summed E-state index contributed by atoms with van der Waals surface area (Å²) in [4.78, 5) is 26.0. The van der Waals surface area contributed by atoms with E-state index in [9.17, 15) is 4.79 Å². The second-order valence-corrected chi connectivity index (χ2v) is 8.18. The van der Waals surface area contributed by atoms with Gasteiger partial charge in [-0.15, -0.1) is 11.3 Å². The summed E-state index contributed by atoms with van der Waals surface area (Å²) in [5, 5.41) is 1.96. The van der Waals surface area contributed by atoms with Gasteiger partial charge in [-0.25, -0.2) is 15.3 Å². The normalized spacial score (nSPS) is 19.0. The van der Waals surface area contributed by atoms with E-state index in [1.165, 1.54) is 11.3 Å². The standard InChI is InChI=1S/C18H18BrN3O2S/c1-12-5-10-25-15(12)17(23)22-8-6-18(7-9-22)20-16(21-24-18)13-3-2-4-14(19)11-13/h2-5,10-11H,6-9H2,1H3,(H,20,21). The lowest BCUT2D eigenvalue weighted by molar-refractivity contribution is -0.0849. The van der Waals surface area contributed by atoms with E-state index in [1.54, 1.807) is 0 Å². The van der Waals surface area contributed by atoms with E-state index < -0.39 is 5.72 Å². The van der Waals surface area contributed by atoms with Crippen LogP contribution in [0.15, 0.2) is 45.2 Å². The number of piperidine rings is 1. The summed E-state index contributed by atoms with van der Waals surface area (Å²) in [7, 11) is 0. The van der Waals surface area contributed by atoms with Crippen LogP contribution >= 0.6 is 27.3 Å². The monoisotopic (exact) mass is 419 g/mol. The molecule has 0 bridgehead atoms. The fourth-order valence-electron chi connectivity index (χ4n) is 3.16. The summed E-state index contributed by atoms with van der Waals surface area (Å²) >= 11 is 4.99. The highest BCUT2D eigenvalue weighted by atomic mass is 79.9. The van der Waals surface area contributed by atoms with Gasteiger partial charge in [0.25, 0.3) is 5.91 Å². The van der Waals surface area contributed by atoms with E-state index in [0.29, 0.717) is 25.9 Å². The maximum atomic E-state index is 12.6. The maximum absolute atomic E-state index is 12.6. The van der Waals surface area contributed by atoms with Crippen LogP contribution in [0.4, 0.5) is 0 Å². The van der Waals surface area contributed by atoms with Gasteiger partial charge in [0.1, 0.15) is 0 Å². The Bertz CT molecular complexity index is 840. The van der Waals surface area contributed by atoms with Crippen molar-refractivity contribution >= 4 is 39.0 Å². The third-order valence-corrected chi connectivity index (χ3v) is 6.14. The number of carbonyl (C=O) groups excluding carboxylic acids is 1. The fraction of sp³-hybridized carbons (Fsp3) is 0.333. The molecule has 1 aromatic heterocycles. The second kappa shape index (κ2) is 6.55. The molecular weight excluding hydrogens is 402 g/mol. The molecule has 0 saturated carbocycles. The number of halogens is 1. The SMILES string of the molecule is Cc1ccsc1C(=O)N1CCC2(CC1)N=C(c1cccc(Br)c1)NO2. The third-order valence-electron chi connectivity index (χ3n) is 4.64. The van der Waals surface area contributed by atoms with Crippen LogP contribution in [0.3, 0.4) is 0 Å². The molecular formula is C18H18BrN3O2S. The Morgan fingerprint density at radius 2 is 2.16 bits per heavy atom. The Morgan fingerprint density at radius 3 is 2.84 bits per heavy atom. The van der Waals surface area contributed by atoms with Crippen molar-refractivity contribution < 1.29 is 9.63 Å². The molecule has 2 aliphatic rings. The van der Waals surface area contributed by atoms with E-state index >= 15 is 0 Å². The van der Waals surface area contributed by atoms with Crippen molar-refractivity contribution in [3.05, 3.63) is 56.2 Å². The maximum Gasteiger partial charge on any atom is 0.264 e. The Balaban J connectivity index is 1.47. The molecule has 1 saturated heterocycles. The number of amidine groups is 1. The summed E-state index contributed by atoms with van der Waals surface area (Å²) in [6.07, 6.45) is 1.38. The molecule has 2 aliphatic heterocycles. The molecule has 130 valence electrons. The van der Waals surface area contributed by atoms with Crippen LogP contribution in [0.5, 0.6) is 0 Å². The van der Waals surface area contributed by atoms with Gasteiger partial charge in [-0.3, -0.25) is 4.79 Å². The number of nitrogens with zero attached hydrogens (tertiary/aromatic N) is 2. The molecule has 3 heterocycles. The first-order valence-electron chi connectivity index (χ1n) is 8.19. The van der Waals surface area contributed by atoms with Gasteiger partial charge in [0.05, 0.1) is 4.88 Å². The van der Waals surface area contributed by atoms with Crippen LogP contribution in [0.25, 0.3) is 0 Å². The molecule has 5 nitrogen and oxygen atoms in total. The van der Waals surface area contributed by atoms with Gasteiger partial charge >= 0.3 is 0 Å². The average Bonchev–Trinajstić information content (AvgIpc) is 3.22. The highest BCUT2D eigenvalue weighted by Gasteiger charge is 2.41. The molecule has 4 rings (SSSR count). The molecule has 0 atom stereocenters. The van der Waals surface area contributed by atoms with Crippen LogP contribution in [0.1, 0.15) is 33.6 Å². The van der Waals surface area contributed by atoms with Crippen molar-refractivity contribution in [2.24, 2.45) is 4.99 Å². The first kappa shape index (κ1) is 16.8. The number of thiophene rings is 1. The number of amides is 1. The summed E-state index contributed by atoms with van der Waals surface area (Å²) < 4.78 is 1.00. The lowest BCUT2D eigenvalue weighted by atomic mass is 10.0. The predicted octanol–water partition coefficient (Wildman–Crippen LogP) is 3.73. The smallest absolute Gasteiger partial charge is 0.264 e. The molecule has 0 aliphatic carbocycles. The highest BCUT2D eigenvalue weighted by molar-refractivity contribution is 9.10. The highest BCUT2D eigenvalue weighted by Crippen LogP contribution is 2.32. The Kier molecular flexibility index (Phi) is 4.39. The average molecular weight is 420 g/mol. The number of hydroxylamine groups is 1. The Labute approximate surface area is 158 Å². The van der Waals surface area contributed by atoms with E-state index in [4.69, 9.17) is 9.83 Å². The van der Waals surface area contributed by atoms with E-state index in [-0.39, 0.29) is 5.91 Å². The molecule has 1 amide bonds. The zero-order valence-corrected chi connectivity index (χ0v) is 16.2. The predicted molar refractivity (Wildman–Crippen MR) is 102 cm³/mol. The van der Waals surface area contributed by atoms with Gasteiger partial charge in [0.15, 0.2) is 11.6 Å². The second-order valence-electron chi connectivity index (χ2n) is 6.35. The molecule has 1 fully saturated rings. The molecule has 1 aromatic carbocycles. The zero-order chi connectivity index (χ0) is 17.4. The van der Waals surface area contributed by atoms with Gasteiger partial charge in [0, 0.05) is 36.0 Å². The minimum Gasteiger partial charge on any atom is -0.338 e. The van der Waals surface area contributed by atoms with Gasteiger partial charge in [-0.2, -0.15) is 0 Å². The third kappa shape index (κ3) is 3.23. The molecule has 1 N–H and O–H groups in total. The van der Waals surface area contributed by atoms with Gasteiger partial charge in [-0.05, 0) is 36.1 Å². The lowest BCUT2D eigenvalue weighted by Gasteiger charge is -2.35. The van der Waals surface area contributed by atoms with Crippen molar-refractivity contribution in [1.82, 2.24) is 10.4 Å². The first-order valence-corrected chi connectivity index (χ1v) is 9.87. The van der Waals surface area contributed by atoms with Crippen molar-refractivity contribution in [3.8, 4) is 0 Å². The van der Waals surface area contributed by atoms with Crippen molar-refractivity contribution in [2.45, 2.75) is 25.5 Å². The minimum absolute atomic E-state index is 0.115. The van der Waals surface area contributed by atoms with Crippen LogP contribution in [-0.2, 0) is 4.84 Å². The first-order chi connectivity index (χ1) is 12.1. The summed E-state index contributed by atoms with van der Waals surface area (Å²) in [6, 6.07) is 9.94. The fourth-order valence-corrected chi connectivity index (χ4v) is 4.45. The molecule has 7 heteroatoms. The van der Waals surface area contributed by atoms with Gasteiger partial charge < -0.3 is 4.90 Å². The number of likely N-dealkylation sites (tertiary alicyclic amines) is 1. The van der Waals surface area contributed by atoms with Crippen molar-refractivity contribution in [1.29, 1.82) is 0 Å². The molecule has 25 heavy (non-hydrogen) atoms. The Morgan fingerprint density at radius 1 is 1.36 bits per heavy atom. The number of hydrogen-bond donors (Lipinski definition) is 1. The summed E-state index contributed by atoms with van der Waals surface area (Å²) in [5.41, 5.74) is 4.43. The largest absolute Gasteiger partial charge is 0.338 e. The van der Waals surface area contributed by atoms with Crippen molar-refractivity contribution in [2.75, 3.05) is 13.1 Å². The number of aryl methyl sites for hydroxylation is 1. The van der Waals surface area contributed by atoms with Crippen LogP contribution in [0.2, 0.25) is 0 Å². The number of nitrogens with one attached hydrogen (secondary N) is 1. The van der Waals surface area contributed by atoms with E-state index in [2.05, 4.69) is 21.4 Å². The summed E-state index contributed by atoms with van der Waals surface area (Å²) in [5.74, 6) is 0.861. The van der Waals surface area contributed by atoms with E-state index in [0.717, 1.165) is 26.3 Å². The number of hydrogen-bond acceptors (Lipinski definition) is 5. The molecule has 2 aromatic rings. The quantitative estimate of drug-likeness (QED) is 0.806. The van der Waals surface area contributed by atoms with Gasteiger partial charge in [-0.1, -0.05) is 28.1 Å². The number of benzene rings is 1. The topological polar surface area (TPSA) is 53.9 Å². The number of rotatable bonds is 2. The lowest BCUT2D eigenvalue weighted by Crippen LogP contribution is -2.46. The zero-order valence-electron chi connectivity index (χ0n) is 13.8. The molecule has 0 radical (unpaired) electrons. The van der Waals surface area contributed by atoms with Gasteiger partial charge in [0.2, 0.25) is 0 Å². The number of aliphatic imine (C=N–C) groups is 1. The van der Waals surface area contributed by atoms with Crippen molar-refractivity contribution in [3.63, 3.8) is 0 Å². The van der Waals surface area contributed by atoms with E-state index in [1.807, 2.05) is 47.5 Å². The molecule has 0 unspecified atom stereocenters. The Hall–Kier alpha value is -1.70. The number of carbonyl (C=O) groups is 1. The molecule has 1 spiro atoms. The van der Waals surface area contributed by atoms with Crippen LogP contribution < -0.4 is 5.48 Å². The van der Waals surface area contributed by atoms with Crippen LogP contribution in [0, 0.1) is 6.92 Å².